The van der Waals surface area contributed by atoms with Gasteiger partial charge >= 0.3 is 0 Å². The van der Waals surface area contributed by atoms with E-state index < -0.39 is 0 Å². The first kappa shape index (κ1) is 25.6. The predicted octanol–water partition coefficient (Wildman–Crippen LogP) is 4.17. The Morgan fingerprint density at radius 3 is 1.85 bits per heavy atom. The molecule has 0 amide bonds. The van der Waals surface area contributed by atoms with Crippen molar-refractivity contribution in [1.82, 2.24) is 34.1 Å². The summed E-state index contributed by atoms with van der Waals surface area (Å²) in [6, 6.07) is 0. The lowest BCUT2D eigenvalue weighted by Gasteiger charge is -2.21. The second kappa shape index (κ2) is 8.70. The summed E-state index contributed by atoms with van der Waals surface area (Å²) in [6.45, 7) is 16.2. The van der Waals surface area contributed by atoms with Crippen molar-refractivity contribution in [1.29, 1.82) is 0 Å². The van der Waals surface area contributed by atoms with Crippen molar-refractivity contribution in [3.63, 3.8) is 0 Å². The van der Waals surface area contributed by atoms with Crippen LogP contribution in [0, 0.1) is 26.2 Å². The van der Waals surface area contributed by atoms with Crippen molar-refractivity contribution in [3.05, 3.63) is 29.7 Å². The Labute approximate surface area is 195 Å². The molecule has 0 atom stereocenters. The minimum absolute atomic E-state index is 0. The van der Waals surface area contributed by atoms with E-state index >= 15 is 0 Å². The van der Waals surface area contributed by atoms with Crippen LogP contribution < -0.4 is 11.5 Å². The van der Waals surface area contributed by atoms with E-state index in [1.807, 2.05) is 29.2 Å². The number of fused-ring (bicyclic) bond motifs is 2. The van der Waals surface area contributed by atoms with E-state index in [1.165, 1.54) is 0 Å². The van der Waals surface area contributed by atoms with E-state index in [2.05, 4.69) is 72.4 Å². The number of aryl methyl sites for hydroxylation is 2. The molecule has 0 aliphatic rings. The van der Waals surface area contributed by atoms with Crippen LogP contribution in [0.1, 0.15) is 66.2 Å². The molecule has 0 aliphatic carbocycles. The Morgan fingerprint density at radius 1 is 0.818 bits per heavy atom. The van der Waals surface area contributed by atoms with E-state index in [0.717, 1.165) is 22.2 Å². The lowest BCUT2D eigenvalue weighted by Crippen LogP contribution is -2.21. The number of hydrogen-bond donors (Lipinski definition) is 2. The number of nitrogen functional groups attached to an aromatic ring is 2. The van der Waals surface area contributed by atoms with Gasteiger partial charge in [0.2, 0.25) is 0 Å². The fraction of sp³-hybridized carbons (Fsp3) is 0.458. The van der Waals surface area contributed by atoms with Gasteiger partial charge in [-0.2, -0.15) is 0 Å². The summed E-state index contributed by atoms with van der Waals surface area (Å²) in [6.07, 6.45) is 9.18. The number of terminal acetylenes is 1. The molecule has 0 bridgehead atoms. The van der Waals surface area contributed by atoms with Gasteiger partial charge in [-0.1, -0.05) is 13.3 Å². The molecule has 176 valence electrons. The summed E-state index contributed by atoms with van der Waals surface area (Å²) in [5, 5.41) is 0.771. The summed E-state index contributed by atoms with van der Waals surface area (Å²) in [7, 11) is 0. The number of rotatable bonds is 0. The van der Waals surface area contributed by atoms with Crippen molar-refractivity contribution >= 4 is 33.8 Å². The topological polar surface area (TPSA) is 126 Å². The second-order valence-corrected chi connectivity index (χ2v) is 9.70. The number of nitrogens with two attached hydrogens (primary N) is 2. The molecule has 9 nitrogen and oxygen atoms in total. The minimum Gasteiger partial charge on any atom is -0.383 e. The Hall–Kier alpha value is -3.67. The third-order valence-corrected chi connectivity index (χ3v) is 4.92. The van der Waals surface area contributed by atoms with Gasteiger partial charge in [0.25, 0.3) is 0 Å². The maximum absolute atomic E-state index is 5.93. The van der Waals surface area contributed by atoms with E-state index in [1.54, 1.807) is 6.33 Å². The second-order valence-electron chi connectivity index (χ2n) is 9.70. The Bertz CT molecular complexity index is 1340. The normalized spacial score (nSPS) is 11.6. The minimum atomic E-state index is -0.0966. The zero-order valence-corrected chi connectivity index (χ0v) is 20.0. The van der Waals surface area contributed by atoms with Crippen LogP contribution in [-0.4, -0.2) is 34.1 Å². The van der Waals surface area contributed by atoms with Gasteiger partial charge in [-0.25, -0.2) is 24.9 Å². The standard InChI is InChI=1S/C13H16N4.C10H15N5.CH4/c1-6-9-7-17(13(3,4)5)12-10(9)11(14)15-8(2)16-12;1-6-13-8(11)7-9(14-6)15(5-12-7)10(2,3)4;/h1,7H,2-5H3,(H2,14,15,16);5H,1-4H3,(H2,11,13,14);1H4. The maximum atomic E-state index is 5.93. The fourth-order valence-electron chi connectivity index (χ4n) is 3.41. The van der Waals surface area contributed by atoms with E-state index in [0.29, 0.717) is 28.8 Å². The SMILES string of the molecule is C.C#Cc1cn(C(C)(C)C)c2nc(C)nc(N)c12.Cc1nc(N)c2ncn(C(C)(C)C)c2n1. The van der Waals surface area contributed by atoms with Crippen molar-refractivity contribution in [3.8, 4) is 12.3 Å². The van der Waals surface area contributed by atoms with Crippen LogP contribution >= 0.6 is 0 Å². The predicted molar refractivity (Wildman–Crippen MR) is 136 cm³/mol. The van der Waals surface area contributed by atoms with Crippen LogP contribution in [0.3, 0.4) is 0 Å². The smallest absolute Gasteiger partial charge is 0.166 e. The van der Waals surface area contributed by atoms with Gasteiger partial charge in [0.15, 0.2) is 11.5 Å². The quantitative estimate of drug-likeness (QED) is 0.386. The lowest BCUT2D eigenvalue weighted by molar-refractivity contribution is 0.406. The first-order chi connectivity index (χ1) is 14.7. The molecule has 0 saturated heterocycles. The molecule has 4 aromatic rings. The number of imidazole rings is 1. The Morgan fingerprint density at radius 2 is 1.33 bits per heavy atom. The third kappa shape index (κ3) is 4.90. The van der Waals surface area contributed by atoms with Gasteiger partial charge in [-0.05, 0) is 55.4 Å². The average molecular weight is 450 g/mol. The Kier molecular flexibility index (Phi) is 6.74. The largest absolute Gasteiger partial charge is 0.383 e. The monoisotopic (exact) mass is 449 g/mol. The first-order valence-corrected chi connectivity index (χ1v) is 10.3. The van der Waals surface area contributed by atoms with Crippen LogP contribution in [0.4, 0.5) is 11.6 Å². The molecule has 0 unspecified atom stereocenters. The molecule has 0 saturated carbocycles. The summed E-state index contributed by atoms with van der Waals surface area (Å²) in [5.74, 6) is 4.86. The maximum Gasteiger partial charge on any atom is 0.166 e. The molecule has 0 radical (unpaired) electrons. The van der Waals surface area contributed by atoms with E-state index in [-0.39, 0.29) is 18.5 Å². The molecule has 0 spiro atoms. The highest BCUT2D eigenvalue weighted by Crippen LogP contribution is 2.29. The highest BCUT2D eigenvalue weighted by Gasteiger charge is 2.21. The zero-order chi connectivity index (χ0) is 24.0. The molecular formula is C24H35N9. The van der Waals surface area contributed by atoms with Crippen molar-refractivity contribution in [2.24, 2.45) is 0 Å². The summed E-state index contributed by atoms with van der Waals surface area (Å²) in [4.78, 5) is 21.3. The molecule has 9 heteroatoms. The van der Waals surface area contributed by atoms with Gasteiger partial charge in [0.05, 0.1) is 17.3 Å². The molecule has 0 aliphatic heterocycles. The molecular weight excluding hydrogens is 414 g/mol. The lowest BCUT2D eigenvalue weighted by atomic mass is 10.1. The van der Waals surface area contributed by atoms with Crippen LogP contribution in [0.2, 0.25) is 0 Å². The number of hydrogen-bond acceptors (Lipinski definition) is 7. The van der Waals surface area contributed by atoms with Gasteiger partial charge in [0.1, 0.15) is 28.6 Å². The van der Waals surface area contributed by atoms with Crippen LogP contribution in [0.15, 0.2) is 12.5 Å². The van der Waals surface area contributed by atoms with Gasteiger partial charge in [-0.15, -0.1) is 6.42 Å². The fourth-order valence-corrected chi connectivity index (χ4v) is 3.41. The van der Waals surface area contributed by atoms with Crippen molar-refractivity contribution in [2.45, 2.75) is 73.9 Å². The van der Waals surface area contributed by atoms with Crippen molar-refractivity contribution in [2.75, 3.05) is 11.5 Å². The number of anilines is 2. The molecule has 0 aromatic carbocycles. The molecule has 4 N–H and O–H groups in total. The molecule has 4 heterocycles. The summed E-state index contributed by atoms with van der Waals surface area (Å²) >= 11 is 0. The van der Waals surface area contributed by atoms with E-state index in [9.17, 15) is 0 Å². The average Bonchev–Trinajstić information content (AvgIpc) is 3.23. The Balaban J connectivity index is 0.000000228. The molecule has 0 fully saturated rings. The highest BCUT2D eigenvalue weighted by atomic mass is 15.2. The summed E-state index contributed by atoms with van der Waals surface area (Å²) < 4.78 is 4.05. The van der Waals surface area contributed by atoms with Crippen LogP contribution in [-0.2, 0) is 11.1 Å². The third-order valence-electron chi connectivity index (χ3n) is 4.92. The number of nitrogens with zero attached hydrogens (tertiary/aromatic N) is 7. The van der Waals surface area contributed by atoms with Crippen molar-refractivity contribution < 1.29 is 0 Å². The van der Waals surface area contributed by atoms with Crippen LogP contribution in [0.5, 0.6) is 0 Å². The molecule has 4 aromatic heterocycles. The van der Waals surface area contributed by atoms with Gasteiger partial charge in [-0.3, -0.25) is 0 Å². The first-order valence-electron chi connectivity index (χ1n) is 10.3. The molecule has 33 heavy (non-hydrogen) atoms. The number of aromatic nitrogens is 7. The van der Waals surface area contributed by atoms with Gasteiger partial charge in [0, 0.05) is 17.3 Å². The molecule has 4 rings (SSSR count). The zero-order valence-electron chi connectivity index (χ0n) is 20.0. The van der Waals surface area contributed by atoms with Crippen LogP contribution in [0.25, 0.3) is 22.2 Å². The summed E-state index contributed by atoms with van der Waals surface area (Å²) in [5.41, 5.74) is 14.6. The van der Waals surface area contributed by atoms with E-state index in [4.69, 9.17) is 17.9 Å². The highest BCUT2D eigenvalue weighted by molar-refractivity contribution is 5.92. The van der Waals surface area contributed by atoms with Gasteiger partial charge < -0.3 is 20.6 Å².